The monoisotopic (exact) mass is 254 g/mol. The van der Waals surface area contributed by atoms with Crippen LogP contribution in [0.25, 0.3) is 0 Å². The van der Waals surface area contributed by atoms with E-state index in [1.54, 1.807) is 0 Å². The van der Waals surface area contributed by atoms with Crippen molar-refractivity contribution in [2.45, 2.75) is 6.18 Å². The summed E-state index contributed by atoms with van der Waals surface area (Å²) in [6.45, 7) is 10.6. The zero-order chi connectivity index (χ0) is 13.9. The van der Waals surface area contributed by atoms with Crippen molar-refractivity contribution >= 4 is 5.69 Å². The second kappa shape index (κ2) is 5.00. The summed E-state index contributed by atoms with van der Waals surface area (Å²) in [7, 11) is 0. The van der Waals surface area contributed by atoms with Gasteiger partial charge in [-0.1, -0.05) is 25.8 Å². The van der Waals surface area contributed by atoms with Crippen molar-refractivity contribution in [3.05, 3.63) is 67.2 Å². The molecule has 5 heteroatoms. The van der Waals surface area contributed by atoms with Gasteiger partial charge in [0.1, 0.15) is 0 Å². The summed E-state index contributed by atoms with van der Waals surface area (Å²) in [6, 6.07) is 4.80. The molecule has 0 unspecified atom stereocenters. The number of hydrogen-bond acceptors (Lipinski definition) is 2. The number of nitrogens with two attached hydrogens (primary N) is 1. The Hall–Kier alpha value is -2.17. The first-order valence-electron chi connectivity index (χ1n) is 5.00. The van der Waals surface area contributed by atoms with Crippen molar-refractivity contribution in [3.63, 3.8) is 0 Å². The SMILES string of the molecule is C=CN(C(=C)C(=C)N)c1cccc(C(F)(F)F)c1. The Morgan fingerprint density at radius 2 is 1.89 bits per heavy atom. The quantitative estimate of drug-likeness (QED) is 0.831. The van der Waals surface area contributed by atoms with Gasteiger partial charge in [-0.3, -0.25) is 0 Å². The molecule has 0 aromatic heterocycles. The minimum absolute atomic E-state index is 0.160. The summed E-state index contributed by atoms with van der Waals surface area (Å²) in [5.41, 5.74) is 5.44. The van der Waals surface area contributed by atoms with E-state index in [9.17, 15) is 13.2 Å². The molecule has 0 aliphatic heterocycles. The fraction of sp³-hybridized carbons (Fsp3) is 0.0769. The number of anilines is 1. The number of rotatable bonds is 4. The van der Waals surface area contributed by atoms with Crippen LogP contribution >= 0.6 is 0 Å². The molecule has 2 N–H and O–H groups in total. The molecule has 0 spiro atoms. The molecule has 96 valence electrons. The Labute approximate surface area is 104 Å². The third kappa shape index (κ3) is 2.94. The fourth-order valence-electron chi connectivity index (χ4n) is 1.36. The van der Waals surface area contributed by atoms with Gasteiger partial charge >= 0.3 is 6.18 Å². The standard InChI is InChI=1S/C13H13F3N2/c1-4-18(10(3)9(2)17)12-7-5-6-11(8-12)13(14,15)16/h4-8H,1-3,17H2. The van der Waals surface area contributed by atoms with Crippen molar-refractivity contribution < 1.29 is 13.2 Å². The number of hydrogen-bond donors (Lipinski definition) is 1. The lowest BCUT2D eigenvalue weighted by Crippen LogP contribution is -2.19. The van der Waals surface area contributed by atoms with Crippen LogP contribution in [-0.4, -0.2) is 0 Å². The van der Waals surface area contributed by atoms with Crippen LogP contribution in [0.15, 0.2) is 61.6 Å². The molecule has 18 heavy (non-hydrogen) atoms. The maximum absolute atomic E-state index is 12.6. The van der Waals surface area contributed by atoms with Crippen molar-refractivity contribution in [3.8, 4) is 0 Å². The first-order chi connectivity index (χ1) is 8.27. The third-order valence-electron chi connectivity index (χ3n) is 2.30. The summed E-state index contributed by atoms with van der Waals surface area (Å²) in [5.74, 6) is 0. The molecule has 0 bridgehead atoms. The number of halogens is 3. The van der Waals surface area contributed by atoms with Crippen LogP contribution < -0.4 is 10.6 Å². The average Bonchev–Trinajstić information content (AvgIpc) is 2.29. The normalized spacial score (nSPS) is 10.8. The van der Waals surface area contributed by atoms with E-state index in [1.807, 2.05) is 0 Å². The van der Waals surface area contributed by atoms with Crippen LogP contribution in [0.3, 0.4) is 0 Å². The highest BCUT2D eigenvalue weighted by Gasteiger charge is 2.30. The van der Waals surface area contributed by atoms with E-state index in [4.69, 9.17) is 5.73 Å². The van der Waals surface area contributed by atoms with Crippen molar-refractivity contribution in [1.29, 1.82) is 0 Å². The smallest absolute Gasteiger partial charge is 0.398 e. The molecule has 0 atom stereocenters. The number of alkyl halides is 3. The van der Waals surface area contributed by atoms with Gasteiger partial charge in [0.05, 0.1) is 11.3 Å². The predicted octanol–water partition coefficient (Wildman–Crippen LogP) is 3.64. The minimum Gasteiger partial charge on any atom is -0.398 e. The average molecular weight is 254 g/mol. The van der Waals surface area contributed by atoms with E-state index >= 15 is 0 Å². The van der Waals surface area contributed by atoms with Gasteiger partial charge in [-0.25, -0.2) is 0 Å². The molecule has 1 rings (SSSR count). The lowest BCUT2D eigenvalue weighted by Gasteiger charge is -2.23. The molecule has 0 aliphatic rings. The minimum atomic E-state index is -4.40. The zero-order valence-corrected chi connectivity index (χ0v) is 9.67. The van der Waals surface area contributed by atoms with Crippen molar-refractivity contribution in [1.82, 2.24) is 0 Å². The van der Waals surface area contributed by atoms with Gasteiger partial charge in [0.15, 0.2) is 0 Å². The highest BCUT2D eigenvalue weighted by atomic mass is 19.4. The van der Waals surface area contributed by atoms with Crippen LogP contribution in [-0.2, 0) is 6.18 Å². The Kier molecular flexibility index (Phi) is 3.86. The predicted molar refractivity (Wildman–Crippen MR) is 66.6 cm³/mol. The summed E-state index contributed by atoms with van der Waals surface area (Å²) < 4.78 is 37.8. The second-order valence-electron chi connectivity index (χ2n) is 3.57. The highest BCUT2D eigenvalue weighted by Crippen LogP contribution is 2.32. The summed E-state index contributed by atoms with van der Waals surface area (Å²) in [5, 5.41) is 0. The van der Waals surface area contributed by atoms with Crippen LogP contribution in [0.1, 0.15) is 5.56 Å². The molecule has 0 aliphatic carbocycles. The Bertz CT molecular complexity index is 489. The van der Waals surface area contributed by atoms with Gasteiger partial charge < -0.3 is 10.6 Å². The molecule has 0 saturated heterocycles. The van der Waals surface area contributed by atoms with Crippen LogP contribution in [0.4, 0.5) is 18.9 Å². The summed E-state index contributed by atoms with van der Waals surface area (Å²) >= 11 is 0. The first kappa shape index (κ1) is 13.9. The van der Waals surface area contributed by atoms with Gasteiger partial charge in [0.25, 0.3) is 0 Å². The van der Waals surface area contributed by atoms with E-state index < -0.39 is 11.7 Å². The summed E-state index contributed by atoms with van der Waals surface area (Å²) in [6.07, 6.45) is -3.07. The van der Waals surface area contributed by atoms with E-state index in [0.717, 1.165) is 12.1 Å². The van der Waals surface area contributed by atoms with Gasteiger partial charge in [-0.05, 0) is 18.2 Å². The Balaban J connectivity index is 3.20. The lowest BCUT2D eigenvalue weighted by atomic mass is 10.1. The van der Waals surface area contributed by atoms with Crippen molar-refractivity contribution in [2.24, 2.45) is 5.73 Å². The molecule has 0 heterocycles. The maximum Gasteiger partial charge on any atom is 0.416 e. The maximum atomic E-state index is 12.6. The van der Waals surface area contributed by atoms with Gasteiger partial charge in [0, 0.05) is 17.6 Å². The Morgan fingerprint density at radius 3 is 2.33 bits per heavy atom. The molecular weight excluding hydrogens is 241 g/mol. The van der Waals surface area contributed by atoms with Crippen LogP contribution in [0, 0.1) is 0 Å². The Morgan fingerprint density at radius 1 is 1.28 bits per heavy atom. The first-order valence-corrected chi connectivity index (χ1v) is 5.00. The fourth-order valence-corrected chi connectivity index (χ4v) is 1.36. The van der Waals surface area contributed by atoms with Gasteiger partial charge in [0.2, 0.25) is 0 Å². The van der Waals surface area contributed by atoms with Crippen molar-refractivity contribution in [2.75, 3.05) is 4.90 Å². The lowest BCUT2D eigenvalue weighted by molar-refractivity contribution is -0.137. The molecule has 0 fully saturated rings. The number of nitrogens with zero attached hydrogens (tertiary/aromatic N) is 1. The highest BCUT2D eigenvalue weighted by molar-refractivity contribution is 5.59. The van der Waals surface area contributed by atoms with Crippen LogP contribution in [0.2, 0.25) is 0 Å². The van der Waals surface area contributed by atoms with E-state index in [0.29, 0.717) is 0 Å². The van der Waals surface area contributed by atoms with E-state index in [-0.39, 0.29) is 17.1 Å². The molecule has 0 amide bonds. The largest absolute Gasteiger partial charge is 0.416 e. The number of benzene rings is 1. The third-order valence-corrected chi connectivity index (χ3v) is 2.30. The second-order valence-corrected chi connectivity index (χ2v) is 3.57. The van der Waals surface area contributed by atoms with Gasteiger partial charge in [-0.2, -0.15) is 13.2 Å². The van der Waals surface area contributed by atoms with Crippen LogP contribution in [0.5, 0.6) is 0 Å². The molecule has 0 radical (unpaired) electrons. The molecule has 0 saturated carbocycles. The topological polar surface area (TPSA) is 29.3 Å². The molecule has 2 nitrogen and oxygen atoms in total. The zero-order valence-electron chi connectivity index (χ0n) is 9.67. The van der Waals surface area contributed by atoms with E-state index in [2.05, 4.69) is 19.7 Å². The van der Waals surface area contributed by atoms with Gasteiger partial charge in [-0.15, -0.1) is 0 Å². The summed E-state index contributed by atoms with van der Waals surface area (Å²) in [4.78, 5) is 1.34. The van der Waals surface area contributed by atoms with E-state index in [1.165, 1.54) is 23.2 Å². The molecular formula is C13H13F3N2. The molecule has 1 aromatic carbocycles. The molecule has 1 aromatic rings.